The summed E-state index contributed by atoms with van der Waals surface area (Å²) in [5.41, 5.74) is 1.33. The van der Waals surface area contributed by atoms with Crippen molar-refractivity contribution in [2.75, 3.05) is 11.1 Å². The quantitative estimate of drug-likeness (QED) is 0.480. The monoisotopic (exact) mass is 426 g/mol. The maximum atomic E-state index is 13.4. The lowest BCUT2D eigenvalue weighted by atomic mass is 9.78. The number of fused-ring (bicyclic) bond motifs is 1. The van der Waals surface area contributed by atoms with Gasteiger partial charge in [-0.3, -0.25) is 19.5 Å². The average molecular weight is 427 g/mol. The van der Waals surface area contributed by atoms with Crippen molar-refractivity contribution in [3.05, 3.63) is 46.4 Å². The first kappa shape index (κ1) is 20.7. The van der Waals surface area contributed by atoms with Gasteiger partial charge in [0.15, 0.2) is 5.16 Å². The van der Waals surface area contributed by atoms with Crippen molar-refractivity contribution in [3.63, 3.8) is 0 Å². The highest BCUT2D eigenvalue weighted by Crippen LogP contribution is 2.38. The number of aryl methyl sites for hydroxylation is 1. The minimum atomic E-state index is -0.227. The molecule has 0 spiro atoms. The Morgan fingerprint density at radius 3 is 2.87 bits per heavy atom. The number of aromatic nitrogens is 3. The number of carbonyl (C=O) groups excluding carboxylic acids is 1. The molecule has 2 aromatic heterocycles. The van der Waals surface area contributed by atoms with E-state index in [0.717, 1.165) is 12.8 Å². The molecule has 1 aliphatic carbocycles. The molecule has 7 nitrogen and oxygen atoms in total. The van der Waals surface area contributed by atoms with Gasteiger partial charge in [0.25, 0.3) is 5.56 Å². The summed E-state index contributed by atoms with van der Waals surface area (Å²) in [6, 6.07) is 9.15. The Labute approximate surface area is 179 Å². The van der Waals surface area contributed by atoms with Gasteiger partial charge in [0.1, 0.15) is 0 Å². The summed E-state index contributed by atoms with van der Waals surface area (Å²) in [4.78, 5) is 30.6. The highest BCUT2D eigenvalue weighted by Gasteiger charge is 2.31. The third-order valence-corrected chi connectivity index (χ3v) is 6.95. The average Bonchev–Trinajstić information content (AvgIpc) is 3.13. The van der Waals surface area contributed by atoms with Crippen LogP contribution in [0.2, 0.25) is 0 Å². The predicted molar refractivity (Wildman–Crippen MR) is 118 cm³/mol. The second-order valence-corrected chi connectivity index (χ2v) is 9.03. The number of hydrogen-bond acceptors (Lipinski definition) is 6. The molecular weight excluding hydrogens is 400 g/mol. The van der Waals surface area contributed by atoms with Crippen LogP contribution in [0.5, 0.6) is 0 Å². The topological polar surface area (TPSA) is 90.0 Å². The number of hydrogen-bond donors (Lipinski definition) is 1. The summed E-state index contributed by atoms with van der Waals surface area (Å²) in [6.45, 7) is 6.25. The number of nitrogens with zero attached hydrogens (tertiary/aromatic N) is 3. The second kappa shape index (κ2) is 8.63. The first-order valence-corrected chi connectivity index (χ1v) is 11.3. The van der Waals surface area contributed by atoms with Crippen molar-refractivity contribution in [2.45, 2.75) is 51.2 Å². The van der Waals surface area contributed by atoms with Crippen molar-refractivity contribution < 1.29 is 9.32 Å². The SMILES string of the molecule is Cc1cc(NC(=O)CSc2nc3ccccc3c(=O)n2[C@@H]2CCC[C@H](C)[C@@H]2C)on1. The highest BCUT2D eigenvalue weighted by molar-refractivity contribution is 7.99. The van der Waals surface area contributed by atoms with Crippen LogP contribution in [-0.4, -0.2) is 26.4 Å². The molecule has 1 aliphatic rings. The summed E-state index contributed by atoms with van der Waals surface area (Å²) in [5, 5.41) is 7.68. The Hall–Kier alpha value is -2.61. The maximum Gasteiger partial charge on any atom is 0.262 e. The van der Waals surface area contributed by atoms with E-state index in [4.69, 9.17) is 9.51 Å². The molecule has 0 bridgehead atoms. The van der Waals surface area contributed by atoms with E-state index in [-0.39, 0.29) is 23.3 Å². The molecule has 158 valence electrons. The minimum Gasteiger partial charge on any atom is -0.338 e. The predicted octanol–water partition coefficient (Wildman–Crippen LogP) is 4.42. The standard InChI is InChI=1S/C22H26N4O3S/c1-13-7-6-10-18(15(13)3)26-21(28)16-8-4-5-9-17(16)23-22(26)30-12-19(27)24-20-11-14(2)25-29-20/h4-5,8-9,11,13,15,18H,6-7,10,12H2,1-3H3,(H,24,27)/t13-,15-,18+/m0/s1. The number of rotatable bonds is 5. The number of thioether (sulfide) groups is 1. The van der Waals surface area contributed by atoms with Crippen molar-refractivity contribution in [2.24, 2.45) is 11.8 Å². The maximum absolute atomic E-state index is 13.4. The third-order valence-electron chi connectivity index (χ3n) is 5.99. The number of amides is 1. The smallest absolute Gasteiger partial charge is 0.262 e. The van der Waals surface area contributed by atoms with Gasteiger partial charge in [-0.1, -0.05) is 55.7 Å². The van der Waals surface area contributed by atoms with Gasteiger partial charge in [-0.25, -0.2) is 4.98 Å². The van der Waals surface area contributed by atoms with E-state index in [1.807, 2.05) is 28.8 Å². The fourth-order valence-corrected chi connectivity index (χ4v) is 5.02. The first-order valence-electron chi connectivity index (χ1n) is 10.3. The number of benzene rings is 1. The number of carbonyl (C=O) groups is 1. The Bertz CT molecular complexity index is 1120. The molecule has 3 atom stereocenters. The van der Waals surface area contributed by atoms with Gasteiger partial charge in [-0.15, -0.1) is 0 Å². The molecule has 1 fully saturated rings. The molecule has 0 saturated heterocycles. The minimum absolute atomic E-state index is 0.0275. The lowest BCUT2D eigenvalue weighted by molar-refractivity contribution is -0.113. The van der Waals surface area contributed by atoms with E-state index in [9.17, 15) is 9.59 Å². The van der Waals surface area contributed by atoms with Crippen molar-refractivity contribution in [1.29, 1.82) is 0 Å². The zero-order chi connectivity index (χ0) is 21.3. The summed E-state index contributed by atoms with van der Waals surface area (Å²) in [7, 11) is 0. The van der Waals surface area contributed by atoms with Crippen molar-refractivity contribution in [1.82, 2.24) is 14.7 Å². The molecular formula is C22H26N4O3S. The van der Waals surface area contributed by atoms with Crippen LogP contribution in [0.3, 0.4) is 0 Å². The number of para-hydroxylation sites is 1. The lowest BCUT2D eigenvalue weighted by Gasteiger charge is -2.36. The summed E-state index contributed by atoms with van der Waals surface area (Å²) in [5.74, 6) is 1.12. The van der Waals surface area contributed by atoms with Crippen LogP contribution in [0, 0.1) is 18.8 Å². The second-order valence-electron chi connectivity index (χ2n) is 8.09. The highest BCUT2D eigenvalue weighted by atomic mass is 32.2. The molecule has 1 amide bonds. The molecule has 8 heteroatoms. The molecule has 30 heavy (non-hydrogen) atoms. The van der Waals surface area contributed by atoms with Gasteiger partial charge in [0.2, 0.25) is 11.8 Å². The zero-order valence-electron chi connectivity index (χ0n) is 17.4. The Morgan fingerprint density at radius 1 is 1.30 bits per heavy atom. The first-order chi connectivity index (χ1) is 14.4. The van der Waals surface area contributed by atoms with Crippen LogP contribution >= 0.6 is 11.8 Å². The Balaban J connectivity index is 1.65. The van der Waals surface area contributed by atoms with Crippen LogP contribution in [0.1, 0.15) is 44.8 Å². The van der Waals surface area contributed by atoms with E-state index < -0.39 is 0 Å². The molecule has 0 aliphatic heterocycles. The Morgan fingerprint density at radius 2 is 2.10 bits per heavy atom. The van der Waals surface area contributed by atoms with E-state index in [2.05, 4.69) is 24.3 Å². The van der Waals surface area contributed by atoms with E-state index in [0.29, 0.717) is 39.5 Å². The molecule has 4 rings (SSSR count). The van der Waals surface area contributed by atoms with Crippen LogP contribution in [-0.2, 0) is 4.79 Å². The fourth-order valence-electron chi connectivity index (χ4n) is 4.16. The molecule has 1 saturated carbocycles. The van der Waals surface area contributed by atoms with Crippen LogP contribution in [0.15, 0.2) is 44.8 Å². The molecule has 1 N–H and O–H groups in total. The van der Waals surface area contributed by atoms with Gasteiger partial charge in [0, 0.05) is 12.1 Å². The molecule has 1 aromatic carbocycles. The van der Waals surface area contributed by atoms with Gasteiger partial charge in [-0.05, 0) is 37.3 Å². The van der Waals surface area contributed by atoms with Crippen LogP contribution in [0.4, 0.5) is 5.88 Å². The largest absolute Gasteiger partial charge is 0.338 e. The normalized spacial score (nSPS) is 21.6. The fraction of sp³-hybridized carbons (Fsp3) is 0.455. The number of anilines is 1. The van der Waals surface area contributed by atoms with Gasteiger partial charge >= 0.3 is 0 Å². The molecule has 3 aromatic rings. The van der Waals surface area contributed by atoms with Crippen LogP contribution < -0.4 is 10.9 Å². The van der Waals surface area contributed by atoms with E-state index in [1.54, 1.807) is 13.0 Å². The summed E-state index contributed by atoms with van der Waals surface area (Å²) < 4.78 is 6.88. The van der Waals surface area contributed by atoms with E-state index >= 15 is 0 Å². The third kappa shape index (κ3) is 4.14. The number of nitrogens with one attached hydrogen (secondary N) is 1. The summed E-state index contributed by atoms with van der Waals surface area (Å²) >= 11 is 1.28. The molecule has 0 radical (unpaired) electrons. The summed E-state index contributed by atoms with van der Waals surface area (Å²) in [6.07, 6.45) is 3.21. The van der Waals surface area contributed by atoms with E-state index in [1.165, 1.54) is 18.2 Å². The van der Waals surface area contributed by atoms with Gasteiger partial charge in [-0.2, -0.15) is 0 Å². The lowest BCUT2D eigenvalue weighted by Crippen LogP contribution is -2.35. The van der Waals surface area contributed by atoms with Crippen molar-refractivity contribution in [3.8, 4) is 0 Å². The van der Waals surface area contributed by atoms with Crippen LogP contribution in [0.25, 0.3) is 10.9 Å². The molecule has 2 heterocycles. The van der Waals surface area contributed by atoms with Gasteiger partial charge in [0.05, 0.1) is 22.3 Å². The zero-order valence-corrected chi connectivity index (χ0v) is 18.2. The molecule has 0 unspecified atom stereocenters. The Kier molecular flexibility index (Phi) is 5.94. The van der Waals surface area contributed by atoms with Crippen molar-refractivity contribution >= 4 is 34.5 Å². The van der Waals surface area contributed by atoms with Gasteiger partial charge < -0.3 is 4.52 Å².